The monoisotopic (exact) mass is 543 g/mol. The molecule has 0 radical (unpaired) electrons. The SMILES string of the molecule is CCN1CCN(c2cc(-c3ccc(F)cc3)c3c(n2)CCCCCC3)CC1.NCCc1c[nH]c2ccc(O)cc12. The average Bonchev–Trinajstić information content (AvgIpc) is 3.36. The zero-order chi connectivity index (χ0) is 27.9. The summed E-state index contributed by atoms with van der Waals surface area (Å²) in [6.45, 7) is 8.23. The van der Waals surface area contributed by atoms with Crippen molar-refractivity contribution in [2.24, 2.45) is 5.73 Å². The molecule has 1 aliphatic heterocycles. The third-order valence-corrected chi connectivity index (χ3v) is 8.25. The van der Waals surface area contributed by atoms with Crippen molar-refractivity contribution in [1.29, 1.82) is 0 Å². The number of hydrogen-bond acceptors (Lipinski definition) is 5. The summed E-state index contributed by atoms with van der Waals surface area (Å²) in [6.07, 6.45) is 9.95. The highest BCUT2D eigenvalue weighted by molar-refractivity contribution is 5.84. The van der Waals surface area contributed by atoms with Gasteiger partial charge in [-0.15, -0.1) is 0 Å². The highest BCUT2D eigenvalue weighted by Crippen LogP contribution is 2.33. The number of benzene rings is 2. The number of nitrogens with two attached hydrogens (primary N) is 1. The molecule has 1 aliphatic carbocycles. The van der Waals surface area contributed by atoms with Crippen LogP contribution in [-0.2, 0) is 19.3 Å². The van der Waals surface area contributed by atoms with Crippen LogP contribution in [0.4, 0.5) is 10.2 Å². The Morgan fingerprint density at radius 3 is 2.42 bits per heavy atom. The fourth-order valence-corrected chi connectivity index (χ4v) is 5.91. The van der Waals surface area contributed by atoms with Crippen LogP contribution in [-0.4, -0.2) is 59.2 Å². The zero-order valence-electron chi connectivity index (χ0n) is 23.6. The van der Waals surface area contributed by atoms with Crippen LogP contribution in [0.3, 0.4) is 0 Å². The first kappa shape index (κ1) is 28.1. The van der Waals surface area contributed by atoms with Crippen LogP contribution in [0.15, 0.2) is 54.7 Å². The van der Waals surface area contributed by atoms with Gasteiger partial charge in [-0.25, -0.2) is 9.37 Å². The van der Waals surface area contributed by atoms with E-state index in [1.165, 1.54) is 42.5 Å². The number of phenolic OH excluding ortho intramolecular Hbond substituents is 1. The predicted octanol–water partition coefficient (Wildman–Crippen LogP) is 6.06. The van der Waals surface area contributed by atoms with E-state index in [-0.39, 0.29) is 5.82 Å². The summed E-state index contributed by atoms with van der Waals surface area (Å²) in [7, 11) is 0. The van der Waals surface area contributed by atoms with Crippen LogP contribution >= 0.6 is 0 Å². The normalized spacial score (nSPS) is 16.1. The van der Waals surface area contributed by atoms with E-state index < -0.39 is 0 Å². The number of hydrogen-bond donors (Lipinski definition) is 3. The molecule has 3 heterocycles. The van der Waals surface area contributed by atoms with Crippen molar-refractivity contribution in [3.8, 4) is 16.9 Å². The van der Waals surface area contributed by atoms with Crippen LogP contribution in [0.2, 0.25) is 0 Å². The van der Waals surface area contributed by atoms with Crippen LogP contribution in [0, 0.1) is 5.82 Å². The minimum absolute atomic E-state index is 0.174. The van der Waals surface area contributed by atoms with Gasteiger partial charge in [-0.05, 0) is 104 Å². The van der Waals surface area contributed by atoms with Gasteiger partial charge in [0, 0.05) is 49.0 Å². The smallest absolute Gasteiger partial charge is 0.129 e. The van der Waals surface area contributed by atoms with Gasteiger partial charge in [-0.2, -0.15) is 0 Å². The van der Waals surface area contributed by atoms with Crippen molar-refractivity contribution in [3.05, 3.63) is 77.4 Å². The number of piperazine rings is 1. The lowest BCUT2D eigenvalue weighted by molar-refractivity contribution is 0.270. The fraction of sp³-hybridized carbons (Fsp3) is 0.424. The lowest BCUT2D eigenvalue weighted by Gasteiger charge is -2.35. The Hall–Kier alpha value is -3.42. The van der Waals surface area contributed by atoms with Crippen molar-refractivity contribution >= 4 is 16.7 Å². The van der Waals surface area contributed by atoms with Gasteiger partial charge in [-0.1, -0.05) is 31.9 Å². The third kappa shape index (κ3) is 6.65. The van der Waals surface area contributed by atoms with Gasteiger partial charge in [0.15, 0.2) is 0 Å². The first-order valence-electron chi connectivity index (χ1n) is 14.8. The quantitative estimate of drug-likeness (QED) is 0.285. The van der Waals surface area contributed by atoms with Crippen molar-refractivity contribution in [2.45, 2.75) is 51.9 Å². The second kappa shape index (κ2) is 13.3. The standard InChI is InChI=1S/C23H30FN3.C10H12N2O/c1-2-26-13-15-27(16-14-26)23-17-21(18-9-11-19(24)12-10-18)20-7-5-3-4-6-8-22(20)25-23;11-4-3-7-6-12-10-2-1-8(13)5-9(7)10/h9-12,17H,2-8,13-16H2,1H3;1-2,5-6,12-13H,3-4,11H2. The van der Waals surface area contributed by atoms with Gasteiger partial charge in [0.05, 0.1) is 0 Å². The Morgan fingerprint density at radius 2 is 1.70 bits per heavy atom. The second-order valence-electron chi connectivity index (χ2n) is 10.9. The molecule has 6 rings (SSSR count). The van der Waals surface area contributed by atoms with Gasteiger partial charge >= 0.3 is 0 Å². The van der Waals surface area contributed by atoms with Crippen molar-refractivity contribution < 1.29 is 9.50 Å². The summed E-state index contributed by atoms with van der Waals surface area (Å²) >= 11 is 0. The number of H-pyrrole nitrogens is 1. The molecule has 40 heavy (non-hydrogen) atoms. The summed E-state index contributed by atoms with van der Waals surface area (Å²) < 4.78 is 13.5. The summed E-state index contributed by atoms with van der Waals surface area (Å²) in [5.41, 5.74) is 12.7. The molecule has 2 aliphatic rings. The minimum Gasteiger partial charge on any atom is -0.508 e. The van der Waals surface area contributed by atoms with Crippen LogP contribution in [0.1, 0.15) is 49.4 Å². The summed E-state index contributed by atoms with van der Waals surface area (Å²) in [5, 5.41) is 10.4. The molecular weight excluding hydrogens is 501 g/mol. The number of nitrogens with zero attached hydrogens (tertiary/aromatic N) is 3. The summed E-state index contributed by atoms with van der Waals surface area (Å²) in [4.78, 5) is 13.2. The maximum absolute atomic E-state index is 13.5. The number of likely N-dealkylation sites (N-methyl/N-ethyl adjacent to an activating group) is 1. The van der Waals surface area contributed by atoms with Crippen LogP contribution < -0.4 is 10.6 Å². The number of anilines is 1. The van der Waals surface area contributed by atoms with Gasteiger partial charge in [0.1, 0.15) is 17.4 Å². The molecule has 7 heteroatoms. The Morgan fingerprint density at radius 1 is 0.950 bits per heavy atom. The topological polar surface area (TPSA) is 81.4 Å². The number of nitrogens with one attached hydrogen (secondary N) is 1. The number of rotatable bonds is 5. The second-order valence-corrected chi connectivity index (χ2v) is 10.9. The van der Waals surface area contributed by atoms with Gasteiger partial charge in [0.25, 0.3) is 0 Å². The summed E-state index contributed by atoms with van der Waals surface area (Å²) in [5.74, 6) is 1.22. The molecule has 2 aromatic carbocycles. The van der Waals surface area contributed by atoms with Crippen LogP contribution in [0.5, 0.6) is 5.75 Å². The van der Waals surface area contributed by atoms with Gasteiger partial charge < -0.3 is 25.6 Å². The van der Waals surface area contributed by atoms with E-state index in [2.05, 4.69) is 27.8 Å². The third-order valence-electron chi connectivity index (χ3n) is 8.25. The van der Waals surface area contributed by atoms with Gasteiger partial charge in [0.2, 0.25) is 0 Å². The molecule has 1 fully saturated rings. The van der Waals surface area contributed by atoms with E-state index in [0.717, 1.165) is 79.8 Å². The van der Waals surface area contributed by atoms with E-state index in [1.54, 1.807) is 24.3 Å². The highest BCUT2D eigenvalue weighted by Gasteiger charge is 2.21. The number of aryl methyl sites for hydroxylation is 1. The highest BCUT2D eigenvalue weighted by atomic mass is 19.1. The number of fused-ring (bicyclic) bond motifs is 2. The minimum atomic E-state index is -0.174. The Bertz CT molecular complexity index is 1390. The number of pyridine rings is 1. The lowest BCUT2D eigenvalue weighted by Crippen LogP contribution is -2.46. The maximum Gasteiger partial charge on any atom is 0.129 e. The molecule has 0 atom stereocenters. The Kier molecular flexibility index (Phi) is 9.34. The molecule has 4 N–H and O–H groups in total. The molecule has 4 aromatic rings. The molecular formula is C33H42FN5O. The molecule has 212 valence electrons. The molecule has 1 saturated heterocycles. The van der Waals surface area contributed by atoms with Crippen LogP contribution in [0.25, 0.3) is 22.0 Å². The van der Waals surface area contributed by atoms with Crippen molar-refractivity contribution in [3.63, 3.8) is 0 Å². The number of aromatic amines is 1. The number of halogens is 1. The van der Waals surface area contributed by atoms with Crippen molar-refractivity contribution in [2.75, 3.05) is 44.2 Å². The number of aromatic nitrogens is 2. The van der Waals surface area contributed by atoms with E-state index in [1.807, 2.05) is 24.4 Å². The van der Waals surface area contributed by atoms with E-state index in [0.29, 0.717) is 12.3 Å². The average molecular weight is 544 g/mol. The predicted molar refractivity (Wildman–Crippen MR) is 163 cm³/mol. The van der Waals surface area contributed by atoms with Crippen molar-refractivity contribution in [1.82, 2.24) is 14.9 Å². The maximum atomic E-state index is 13.5. The lowest BCUT2D eigenvalue weighted by atomic mass is 9.90. The zero-order valence-corrected chi connectivity index (χ0v) is 23.6. The van der Waals surface area contributed by atoms with E-state index >= 15 is 0 Å². The largest absolute Gasteiger partial charge is 0.508 e. The molecule has 0 bridgehead atoms. The molecule has 0 unspecified atom stereocenters. The number of phenols is 1. The molecule has 2 aromatic heterocycles. The van der Waals surface area contributed by atoms with E-state index in [9.17, 15) is 9.50 Å². The Balaban J connectivity index is 0.000000207. The number of aromatic hydroxyl groups is 1. The molecule has 0 amide bonds. The Labute approximate surface area is 237 Å². The molecule has 0 saturated carbocycles. The first-order valence-corrected chi connectivity index (χ1v) is 14.8. The molecule has 6 nitrogen and oxygen atoms in total. The first-order chi connectivity index (χ1) is 19.6. The summed E-state index contributed by atoms with van der Waals surface area (Å²) in [6, 6.07) is 14.5. The van der Waals surface area contributed by atoms with E-state index in [4.69, 9.17) is 10.7 Å². The molecule has 0 spiro atoms. The van der Waals surface area contributed by atoms with Gasteiger partial charge in [-0.3, -0.25) is 0 Å². The fourth-order valence-electron chi connectivity index (χ4n) is 5.91.